The first kappa shape index (κ1) is 9.25. The van der Waals surface area contributed by atoms with Crippen LogP contribution in [0.2, 0.25) is 0 Å². The van der Waals surface area contributed by atoms with Crippen molar-refractivity contribution in [1.29, 1.82) is 0 Å². The zero-order valence-electron chi connectivity index (χ0n) is 7.30. The molecule has 0 atom stereocenters. The van der Waals surface area contributed by atoms with E-state index in [0.717, 1.165) is 17.5 Å². The van der Waals surface area contributed by atoms with E-state index >= 15 is 0 Å². The molecule has 0 radical (unpaired) electrons. The average molecular weight is 178 g/mol. The Balaban J connectivity index is 3.04. The lowest BCUT2D eigenvalue weighted by atomic mass is 10.2. The molecule has 1 heterocycles. The Morgan fingerprint density at radius 3 is 2.92 bits per heavy atom. The van der Waals surface area contributed by atoms with E-state index in [0.29, 0.717) is 0 Å². The smallest absolute Gasteiger partial charge is 0.236 e. The highest BCUT2D eigenvalue weighted by molar-refractivity contribution is 5.61. The summed E-state index contributed by atoms with van der Waals surface area (Å²) in [6.07, 6.45) is 5.87. The molecule has 0 fully saturated rings. The highest BCUT2D eigenvalue weighted by atomic mass is 16.6. The molecule has 13 heavy (non-hydrogen) atoms. The standard InChI is InChI=1S/C9H10N2O2/c1-3-8-4-6-10(2)9(8)5-7-11(12)13/h3-7H,1H2,2H3/b7-5-. The molecule has 0 spiro atoms. The predicted molar refractivity (Wildman–Crippen MR) is 51.5 cm³/mol. The molecule has 4 heteroatoms. The third-order valence-corrected chi connectivity index (χ3v) is 1.73. The van der Waals surface area contributed by atoms with E-state index in [-0.39, 0.29) is 0 Å². The van der Waals surface area contributed by atoms with Crippen LogP contribution < -0.4 is 0 Å². The molecule has 0 bridgehead atoms. The van der Waals surface area contributed by atoms with Crippen molar-refractivity contribution in [2.24, 2.45) is 7.05 Å². The molecule has 68 valence electrons. The van der Waals surface area contributed by atoms with Gasteiger partial charge in [-0.25, -0.2) is 0 Å². The van der Waals surface area contributed by atoms with Crippen molar-refractivity contribution in [3.63, 3.8) is 0 Å². The van der Waals surface area contributed by atoms with Gasteiger partial charge in [0.15, 0.2) is 0 Å². The number of nitro groups is 1. The first-order chi connectivity index (χ1) is 6.15. The van der Waals surface area contributed by atoms with Crippen molar-refractivity contribution < 1.29 is 4.92 Å². The lowest BCUT2D eigenvalue weighted by molar-refractivity contribution is -0.401. The van der Waals surface area contributed by atoms with Crippen LogP contribution in [0.4, 0.5) is 0 Å². The summed E-state index contributed by atoms with van der Waals surface area (Å²) in [7, 11) is 1.83. The zero-order chi connectivity index (χ0) is 9.84. The molecule has 0 saturated carbocycles. The van der Waals surface area contributed by atoms with Gasteiger partial charge in [-0.15, -0.1) is 0 Å². The molecule has 1 aromatic rings. The number of rotatable bonds is 3. The third-order valence-electron chi connectivity index (χ3n) is 1.73. The van der Waals surface area contributed by atoms with E-state index in [1.807, 2.05) is 19.3 Å². The molecule has 0 N–H and O–H groups in total. The monoisotopic (exact) mass is 178 g/mol. The summed E-state index contributed by atoms with van der Waals surface area (Å²) in [5.41, 5.74) is 1.67. The van der Waals surface area contributed by atoms with E-state index in [2.05, 4.69) is 6.58 Å². The number of nitrogens with zero attached hydrogens (tertiary/aromatic N) is 2. The second kappa shape index (κ2) is 3.71. The van der Waals surface area contributed by atoms with Gasteiger partial charge >= 0.3 is 0 Å². The van der Waals surface area contributed by atoms with E-state index in [1.54, 1.807) is 10.6 Å². The van der Waals surface area contributed by atoms with Crippen LogP contribution >= 0.6 is 0 Å². The fraction of sp³-hybridized carbons (Fsp3) is 0.111. The summed E-state index contributed by atoms with van der Waals surface area (Å²) in [5, 5.41) is 10.1. The van der Waals surface area contributed by atoms with Crippen molar-refractivity contribution in [3.8, 4) is 0 Å². The lowest BCUT2D eigenvalue weighted by Gasteiger charge is -1.96. The van der Waals surface area contributed by atoms with E-state index < -0.39 is 4.92 Å². The summed E-state index contributed by atoms with van der Waals surface area (Å²) >= 11 is 0. The van der Waals surface area contributed by atoms with E-state index in [1.165, 1.54) is 6.08 Å². The molecule has 0 aliphatic carbocycles. The molecule has 0 aromatic carbocycles. The van der Waals surface area contributed by atoms with Crippen LogP contribution in [0.3, 0.4) is 0 Å². The van der Waals surface area contributed by atoms with Crippen LogP contribution in [0.25, 0.3) is 12.2 Å². The first-order valence-electron chi connectivity index (χ1n) is 3.74. The Morgan fingerprint density at radius 2 is 2.38 bits per heavy atom. The first-order valence-corrected chi connectivity index (χ1v) is 3.74. The van der Waals surface area contributed by atoms with Gasteiger partial charge in [0, 0.05) is 19.3 Å². The Hall–Kier alpha value is -1.84. The zero-order valence-corrected chi connectivity index (χ0v) is 7.30. The maximum absolute atomic E-state index is 10.1. The van der Waals surface area contributed by atoms with Gasteiger partial charge in [0.1, 0.15) is 0 Å². The second-order valence-corrected chi connectivity index (χ2v) is 2.57. The number of aryl methyl sites for hydroxylation is 1. The minimum Gasteiger partial charge on any atom is -0.350 e. The quantitative estimate of drug-likeness (QED) is 0.524. The minimum atomic E-state index is -0.486. The third kappa shape index (κ3) is 2.05. The fourth-order valence-electron chi connectivity index (χ4n) is 1.08. The summed E-state index contributed by atoms with van der Waals surface area (Å²) in [4.78, 5) is 9.60. The van der Waals surface area contributed by atoms with Crippen LogP contribution in [0.1, 0.15) is 11.3 Å². The van der Waals surface area contributed by atoms with E-state index in [9.17, 15) is 10.1 Å². The van der Waals surface area contributed by atoms with Crippen molar-refractivity contribution in [2.45, 2.75) is 0 Å². The van der Waals surface area contributed by atoms with Crippen molar-refractivity contribution in [2.75, 3.05) is 0 Å². The van der Waals surface area contributed by atoms with Crippen LogP contribution in [0, 0.1) is 10.1 Å². The highest BCUT2D eigenvalue weighted by Crippen LogP contribution is 2.12. The fourth-order valence-corrected chi connectivity index (χ4v) is 1.08. The topological polar surface area (TPSA) is 48.1 Å². The maximum Gasteiger partial charge on any atom is 0.236 e. The van der Waals surface area contributed by atoms with Gasteiger partial charge in [-0.2, -0.15) is 0 Å². The summed E-state index contributed by atoms with van der Waals surface area (Å²) in [5.74, 6) is 0. The Morgan fingerprint density at radius 1 is 1.69 bits per heavy atom. The summed E-state index contributed by atoms with van der Waals surface area (Å²) in [6.45, 7) is 3.61. The Labute approximate surface area is 75.9 Å². The van der Waals surface area contributed by atoms with Gasteiger partial charge in [-0.1, -0.05) is 12.7 Å². The van der Waals surface area contributed by atoms with Gasteiger partial charge in [0.25, 0.3) is 0 Å². The largest absolute Gasteiger partial charge is 0.350 e. The SMILES string of the molecule is C=Cc1ccn(C)c1/C=C\[N+](=O)[O-]. The molecule has 0 amide bonds. The maximum atomic E-state index is 10.1. The normalized spacial score (nSPS) is 10.5. The number of hydrogen-bond acceptors (Lipinski definition) is 2. The molecule has 1 aromatic heterocycles. The molecule has 0 saturated heterocycles. The highest BCUT2D eigenvalue weighted by Gasteiger charge is 2.00. The Bertz CT molecular complexity index is 364. The molecule has 0 aliphatic rings. The molecule has 0 aliphatic heterocycles. The molecule has 1 rings (SSSR count). The Kier molecular flexibility index (Phi) is 2.64. The average Bonchev–Trinajstić information content (AvgIpc) is 2.43. The van der Waals surface area contributed by atoms with Crippen molar-refractivity contribution in [1.82, 2.24) is 4.57 Å². The van der Waals surface area contributed by atoms with Crippen molar-refractivity contribution >= 4 is 12.2 Å². The van der Waals surface area contributed by atoms with E-state index in [4.69, 9.17) is 0 Å². The second-order valence-electron chi connectivity index (χ2n) is 2.57. The van der Waals surface area contributed by atoms with Gasteiger partial charge in [-0.05, 0) is 11.6 Å². The van der Waals surface area contributed by atoms with Crippen LogP contribution in [0.5, 0.6) is 0 Å². The van der Waals surface area contributed by atoms with Gasteiger partial charge in [-0.3, -0.25) is 10.1 Å². The summed E-state index contributed by atoms with van der Waals surface area (Å²) < 4.78 is 1.80. The van der Waals surface area contributed by atoms with Gasteiger partial charge < -0.3 is 4.57 Å². The van der Waals surface area contributed by atoms with Crippen LogP contribution in [-0.4, -0.2) is 9.49 Å². The molecule has 4 nitrogen and oxygen atoms in total. The lowest BCUT2D eigenvalue weighted by Crippen LogP contribution is -1.91. The van der Waals surface area contributed by atoms with Crippen molar-refractivity contribution in [3.05, 3.63) is 46.4 Å². The summed E-state index contributed by atoms with van der Waals surface area (Å²) in [6, 6.07) is 1.85. The van der Waals surface area contributed by atoms with Crippen LogP contribution in [0.15, 0.2) is 25.0 Å². The number of hydrogen-bond donors (Lipinski definition) is 0. The predicted octanol–water partition coefficient (Wildman–Crippen LogP) is 1.92. The number of aromatic nitrogens is 1. The van der Waals surface area contributed by atoms with Crippen LogP contribution in [-0.2, 0) is 7.05 Å². The molecule has 0 unspecified atom stereocenters. The van der Waals surface area contributed by atoms with Gasteiger partial charge in [0.2, 0.25) is 6.20 Å². The molecular formula is C9H10N2O2. The molecular weight excluding hydrogens is 168 g/mol. The van der Waals surface area contributed by atoms with Gasteiger partial charge in [0.05, 0.1) is 10.6 Å². The minimum absolute atomic E-state index is 0.486.